The second-order valence-electron chi connectivity index (χ2n) is 7.98. The van der Waals surface area contributed by atoms with Gasteiger partial charge in [0.25, 0.3) is 5.91 Å². The lowest BCUT2D eigenvalue weighted by Crippen LogP contribution is -2.46. The number of carbonyl (C=O) groups excluding carboxylic acids is 3. The molecule has 3 amide bonds. The third-order valence-electron chi connectivity index (χ3n) is 4.04. The summed E-state index contributed by atoms with van der Waals surface area (Å²) < 4.78 is 15.3. The van der Waals surface area contributed by atoms with Crippen LogP contribution in [0.1, 0.15) is 44.5 Å². The fourth-order valence-electron chi connectivity index (χ4n) is 2.38. The van der Waals surface area contributed by atoms with Crippen molar-refractivity contribution in [2.24, 2.45) is 11.8 Å². The molecule has 0 aliphatic carbocycles. The molecular weight excluding hydrogens is 402 g/mol. The number of methoxy groups -OCH3 is 1. The number of carbonyl (C=O) groups is 3. The molecule has 174 valence electrons. The zero-order valence-electron chi connectivity index (χ0n) is 19.0. The molecular formula is C22H35N3O6. The number of hydrogen-bond donors (Lipinski definition) is 3. The van der Waals surface area contributed by atoms with Crippen molar-refractivity contribution in [1.29, 1.82) is 0 Å². The van der Waals surface area contributed by atoms with Crippen molar-refractivity contribution in [2.45, 2.75) is 40.2 Å². The van der Waals surface area contributed by atoms with Gasteiger partial charge < -0.3 is 30.2 Å². The molecule has 1 aromatic carbocycles. The topological polar surface area (TPSA) is 115 Å². The molecule has 0 fully saturated rings. The van der Waals surface area contributed by atoms with Crippen LogP contribution in [-0.2, 0) is 9.47 Å². The zero-order valence-corrected chi connectivity index (χ0v) is 19.0. The first kappa shape index (κ1) is 26.1. The summed E-state index contributed by atoms with van der Waals surface area (Å²) in [7, 11) is 1.56. The SMILES string of the molecule is COc1ccc(C(=O)NCCC(CNC(=O)OCC(C)C)NC(=O)OCC(C)C)cc1. The van der Waals surface area contributed by atoms with Gasteiger partial charge in [0.2, 0.25) is 0 Å². The largest absolute Gasteiger partial charge is 0.497 e. The Morgan fingerprint density at radius 3 is 2.00 bits per heavy atom. The van der Waals surface area contributed by atoms with Gasteiger partial charge in [-0.05, 0) is 42.5 Å². The molecule has 0 spiro atoms. The van der Waals surface area contributed by atoms with Gasteiger partial charge in [-0.25, -0.2) is 9.59 Å². The number of alkyl carbamates (subject to hydrolysis) is 2. The lowest BCUT2D eigenvalue weighted by molar-refractivity contribution is 0.0951. The van der Waals surface area contributed by atoms with Gasteiger partial charge in [0.15, 0.2) is 0 Å². The lowest BCUT2D eigenvalue weighted by atomic mass is 10.2. The molecule has 31 heavy (non-hydrogen) atoms. The van der Waals surface area contributed by atoms with Gasteiger partial charge >= 0.3 is 12.2 Å². The fraction of sp³-hybridized carbons (Fsp3) is 0.591. The van der Waals surface area contributed by atoms with Crippen molar-refractivity contribution < 1.29 is 28.6 Å². The van der Waals surface area contributed by atoms with Crippen LogP contribution in [0.5, 0.6) is 5.75 Å². The van der Waals surface area contributed by atoms with Gasteiger partial charge in [0, 0.05) is 18.7 Å². The molecule has 0 bridgehead atoms. The van der Waals surface area contributed by atoms with E-state index < -0.39 is 18.2 Å². The quantitative estimate of drug-likeness (QED) is 0.463. The van der Waals surface area contributed by atoms with Crippen LogP contribution in [0.2, 0.25) is 0 Å². The molecule has 9 heteroatoms. The summed E-state index contributed by atoms with van der Waals surface area (Å²) in [5, 5.41) is 8.16. The predicted octanol–water partition coefficient (Wildman–Crippen LogP) is 2.95. The van der Waals surface area contributed by atoms with Crippen LogP contribution >= 0.6 is 0 Å². The van der Waals surface area contributed by atoms with Gasteiger partial charge in [0.1, 0.15) is 5.75 Å². The van der Waals surface area contributed by atoms with Crippen molar-refractivity contribution >= 4 is 18.1 Å². The van der Waals surface area contributed by atoms with E-state index in [9.17, 15) is 14.4 Å². The average Bonchev–Trinajstić information content (AvgIpc) is 2.74. The first-order valence-electron chi connectivity index (χ1n) is 10.5. The summed E-state index contributed by atoms with van der Waals surface area (Å²) in [6.07, 6.45) is -0.737. The lowest BCUT2D eigenvalue weighted by Gasteiger charge is -2.20. The molecule has 0 saturated carbocycles. The summed E-state index contributed by atoms with van der Waals surface area (Å²) in [6, 6.07) is 6.30. The molecule has 0 heterocycles. The molecule has 1 aromatic rings. The molecule has 1 rings (SSSR count). The van der Waals surface area contributed by atoms with Crippen molar-refractivity contribution in [2.75, 3.05) is 33.4 Å². The van der Waals surface area contributed by atoms with E-state index in [1.54, 1.807) is 31.4 Å². The maximum Gasteiger partial charge on any atom is 0.407 e. The Balaban J connectivity index is 2.55. The minimum Gasteiger partial charge on any atom is -0.497 e. The highest BCUT2D eigenvalue weighted by Gasteiger charge is 2.16. The van der Waals surface area contributed by atoms with Crippen molar-refractivity contribution in [3.8, 4) is 5.75 Å². The number of benzene rings is 1. The van der Waals surface area contributed by atoms with Crippen LogP contribution in [0.3, 0.4) is 0 Å². The van der Waals surface area contributed by atoms with E-state index in [1.165, 1.54) is 0 Å². The molecule has 0 saturated heterocycles. The molecule has 0 aliphatic rings. The minimum atomic E-state index is -0.572. The highest BCUT2D eigenvalue weighted by atomic mass is 16.6. The Kier molecular flexibility index (Phi) is 11.9. The molecule has 1 unspecified atom stereocenters. The van der Waals surface area contributed by atoms with E-state index in [1.807, 2.05) is 27.7 Å². The zero-order chi connectivity index (χ0) is 23.2. The maximum absolute atomic E-state index is 12.3. The van der Waals surface area contributed by atoms with Crippen molar-refractivity contribution in [1.82, 2.24) is 16.0 Å². The highest BCUT2D eigenvalue weighted by Crippen LogP contribution is 2.11. The minimum absolute atomic E-state index is 0.145. The number of hydrogen-bond acceptors (Lipinski definition) is 6. The van der Waals surface area contributed by atoms with E-state index >= 15 is 0 Å². The van der Waals surface area contributed by atoms with Gasteiger partial charge in [-0.3, -0.25) is 4.79 Å². The smallest absolute Gasteiger partial charge is 0.407 e. The Labute approximate surface area is 184 Å². The van der Waals surface area contributed by atoms with Crippen molar-refractivity contribution in [3.63, 3.8) is 0 Å². The van der Waals surface area contributed by atoms with Crippen LogP contribution < -0.4 is 20.7 Å². The highest BCUT2D eigenvalue weighted by molar-refractivity contribution is 5.94. The van der Waals surface area contributed by atoms with Crippen LogP contribution in [0.4, 0.5) is 9.59 Å². The van der Waals surface area contributed by atoms with E-state index in [-0.39, 0.29) is 30.9 Å². The maximum atomic E-state index is 12.3. The first-order valence-corrected chi connectivity index (χ1v) is 10.5. The second-order valence-corrected chi connectivity index (χ2v) is 7.98. The number of rotatable bonds is 12. The van der Waals surface area contributed by atoms with E-state index in [4.69, 9.17) is 14.2 Å². The third kappa shape index (κ3) is 11.7. The van der Waals surface area contributed by atoms with E-state index in [0.29, 0.717) is 30.9 Å². The molecule has 1 atom stereocenters. The molecule has 3 N–H and O–H groups in total. The predicted molar refractivity (Wildman–Crippen MR) is 117 cm³/mol. The normalized spacial score (nSPS) is 11.6. The van der Waals surface area contributed by atoms with Crippen molar-refractivity contribution in [3.05, 3.63) is 29.8 Å². The molecule has 9 nitrogen and oxygen atoms in total. The Hall–Kier alpha value is -2.97. The summed E-state index contributed by atoms with van der Waals surface area (Å²) in [5.41, 5.74) is 0.497. The molecule has 0 aromatic heterocycles. The summed E-state index contributed by atoms with van der Waals surface area (Å²) in [4.78, 5) is 36.1. The Morgan fingerprint density at radius 2 is 1.45 bits per heavy atom. The Morgan fingerprint density at radius 1 is 0.871 bits per heavy atom. The van der Waals surface area contributed by atoms with Crippen LogP contribution in [-0.4, -0.2) is 57.5 Å². The Bertz CT molecular complexity index is 691. The number of ether oxygens (including phenoxy) is 3. The summed E-state index contributed by atoms with van der Waals surface area (Å²) >= 11 is 0. The van der Waals surface area contributed by atoms with E-state index in [0.717, 1.165) is 0 Å². The van der Waals surface area contributed by atoms with Crippen LogP contribution in [0, 0.1) is 11.8 Å². The van der Waals surface area contributed by atoms with E-state index in [2.05, 4.69) is 16.0 Å². The van der Waals surface area contributed by atoms with Gasteiger partial charge in [-0.1, -0.05) is 27.7 Å². The summed E-state index contributed by atoms with van der Waals surface area (Å²) in [6.45, 7) is 8.78. The number of amides is 3. The standard InChI is InChI=1S/C22H35N3O6/c1-15(2)13-30-21(27)24-12-18(25-22(28)31-14-16(3)4)10-11-23-20(26)17-6-8-19(29-5)9-7-17/h6-9,15-16,18H,10-14H2,1-5H3,(H,23,26)(H,24,27)(H,25,28). The average molecular weight is 438 g/mol. The molecule has 0 aliphatic heterocycles. The van der Waals surface area contributed by atoms with Gasteiger partial charge in [-0.15, -0.1) is 0 Å². The summed E-state index contributed by atoms with van der Waals surface area (Å²) in [5.74, 6) is 0.847. The molecule has 0 radical (unpaired) electrons. The second kappa shape index (κ2) is 14.1. The first-order chi connectivity index (χ1) is 14.7. The number of nitrogens with one attached hydrogen (secondary N) is 3. The van der Waals surface area contributed by atoms with Crippen LogP contribution in [0.25, 0.3) is 0 Å². The van der Waals surface area contributed by atoms with Crippen LogP contribution in [0.15, 0.2) is 24.3 Å². The monoisotopic (exact) mass is 437 g/mol. The van der Waals surface area contributed by atoms with Gasteiger partial charge in [-0.2, -0.15) is 0 Å². The fourth-order valence-corrected chi connectivity index (χ4v) is 2.38. The van der Waals surface area contributed by atoms with Gasteiger partial charge in [0.05, 0.1) is 26.4 Å². The third-order valence-corrected chi connectivity index (χ3v) is 4.04.